The third-order valence-electron chi connectivity index (χ3n) is 15.3. The number of esters is 3. The maximum atomic E-state index is 12.9. The number of carbonyl (C=O) groups excluding carboxylic acids is 3. The molecule has 0 amide bonds. The van der Waals surface area contributed by atoms with Gasteiger partial charge in [-0.15, -0.1) is 0 Å². The van der Waals surface area contributed by atoms with Crippen LogP contribution in [0.5, 0.6) is 0 Å². The summed E-state index contributed by atoms with van der Waals surface area (Å²) in [6, 6.07) is 0. The summed E-state index contributed by atoms with van der Waals surface area (Å²) in [5, 5.41) is 0. The quantitative estimate of drug-likeness (QED) is 0.0261. The third-order valence-corrected chi connectivity index (χ3v) is 15.3. The van der Waals surface area contributed by atoms with Crippen molar-refractivity contribution in [3.63, 3.8) is 0 Å². The molecule has 0 aliphatic carbocycles. The van der Waals surface area contributed by atoms with Crippen LogP contribution in [0.4, 0.5) is 0 Å². The van der Waals surface area contributed by atoms with E-state index in [2.05, 4.69) is 81.5 Å². The molecular formula is C72H130O6. The fourth-order valence-electron chi connectivity index (χ4n) is 10.1. The van der Waals surface area contributed by atoms with Gasteiger partial charge < -0.3 is 14.2 Å². The molecule has 0 heterocycles. The van der Waals surface area contributed by atoms with E-state index in [0.717, 1.165) is 83.5 Å². The van der Waals surface area contributed by atoms with E-state index >= 15 is 0 Å². The average Bonchev–Trinajstić information content (AvgIpc) is 3.44. The Morgan fingerprint density at radius 1 is 0.269 bits per heavy atom. The van der Waals surface area contributed by atoms with Crippen LogP contribution in [0.15, 0.2) is 60.8 Å². The Kier molecular flexibility index (Phi) is 64.2. The molecule has 6 heteroatoms. The van der Waals surface area contributed by atoms with Gasteiger partial charge in [-0.1, -0.05) is 319 Å². The number of hydrogen-bond acceptors (Lipinski definition) is 6. The van der Waals surface area contributed by atoms with Crippen LogP contribution in [0.2, 0.25) is 0 Å². The van der Waals surface area contributed by atoms with Crippen LogP contribution in [0, 0.1) is 0 Å². The van der Waals surface area contributed by atoms with Crippen LogP contribution < -0.4 is 0 Å². The van der Waals surface area contributed by atoms with Gasteiger partial charge in [0.25, 0.3) is 0 Å². The van der Waals surface area contributed by atoms with Crippen molar-refractivity contribution >= 4 is 17.9 Å². The molecule has 0 saturated carbocycles. The Balaban J connectivity index is 4.30. The molecule has 78 heavy (non-hydrogen) atoms. The number of unbranched alkanes of at least 4 members (excludes halogenated alkanes) is 42. The van der Waals surface area contributed by atoms with Crippen molar-refractivity contribution in [2.75, 3.05) is 13.2 Å². The first-order valence-corrected chi connectivity index (χ1v) is 34.3. The van der Waals surface area contributed by atoms with Gasteiger partial charge in [-0.3, -0.25) is 14.4 Å². The van der Waals surface area contributed by atoms with E-state index in [1.54, 1.807) is 0 Å². The Labute approximate surface area is 485 Å². The van der Waals surface area contributed by atoms with Crippen molar-refractivity contribution in [3.05, 3.63) is 60.8 Å². The van der Waals surface area contributed by atoms with Crippen LogP contribution in [0.1, 0.15) is 361 Å². The molecule has 454 valence electrons. The summed E-state index contributed by atoms with van der Waals surface area (Å²) in [5.41, 5.74) is 0. The molecule has 0 radical (unpaired) electrons. The van der Waals surface area contributed by atoms with Gasteiger partial charge in [0.05, 0.1) is 0 Å². The largest absolute Gasteiger partial charge is 0.462 e. The van der Waals surface area contributed by atoms with E-state index in [1.165, 1.54) is 238 Å². The zero-order valence-corrected chi connectivity index (χ0v) is 52.2. The molecule has 0 aromatic rings. The van der Waals surface area contributed by atoms with E-state index in [-0.39, 0.29) is 31.1 Å². The summed E-state index contributed by atoms with van der Waals surface area (Å²) in [6.07, 6.45) is 85.2. The first-order chi connectivity index (χ1) is 38.5. The molecule has 1 unspecified atom stereocenters. The Morgan fingerprint density at radius 3 is 0.795 bits per heavy atom. The molecular weight excluding hydrogens is 961 g/mol. The highest BCUT2D eigenvalue weighted by atomic mass is 16.6. The number of ether oxygens (including phenoxy) is 3. The predicted octanol–water partition coefficient (Wildman–Crippen LogP) is 23.5. The molecule has 0 rings (SSSR count). The van der Waals surface area contributed by atoms with Crippen molar-refractivity contribution in [1.82, 2.24) is 0 Å². The predicted molar refractivity (Wildman–Crippen MR) is 339 cm³/mol. The number of hydrogen-bond donors (Lipinski definition) is 0. The van der Waals surface area contributed by atoms with Gasteiger partial charge in [-0.25, -0.2) is 0 Å². The average molecular weight is 1090 g/mol. The van der Waals surface area contributed by atoms with Gasteiger partial charge in [-0.2, -0.15) is 0 Å². The third kappa shape index (κ3) is 63.9. The van der Waals surface area contributed by atoms with Crippen LogP contribution >= 0.6 is 0 Å². The molecule has 0 aliphatic heterocycles. The second kappa shape index (κ2) is 66.6. The normalized spacial score (nSPS) is 12.4. The smallest absolute Gasteiger partial charge is 0.306 e. The molecule has 0 bridgehead atoms. The topological polar surface area (TPSA) is 78.9 Å². The number of carbonyl (C=O) groups is 3. The highest BCUT2D eigenvalue weighted by Gasteiger charge is 2.19. The van der Waals surface area contributed by atoms with Gasteiger partial charge >= 0.3 is 17.9 Å². The SMILES string of the molecule is CC/C=C\C/C=C\C/C=C\C/C=C\CCCCCCCCCCCCC(=O)OCC(COC(=O)CCCCCCCCCCCCCCCC)OC(=O)CCCCCCCCCCCCC/C=C\CCCCCCCCCC. The van der Waals surface area contributed by atoms with Crippen molar-refractivity contribution < 1.29 is 28.6 Å². The standard InChI is InChI=1S/C72H130O6/c1-4-7-10-13-16-19-22-25-28-30-32-34-36-38-40-42-44-47-50-53-56-59-62-65-71(74)77-68-69(67-76-70(73)64-61-58-55-52-49-46-27-24-21-18-15-12-9-6-3)78-72(75)66-63-60-57-54-51-48-45-43-41-39-37-35-33-31-29-26-23-20-17-14-11-8-5-2/h7,10,16,19,25,28,31-34,69H,4-6,8-9,11-15,17-18,20-24,26-27,29-30,35-68H2,1-3H3/b10-7-,19-16-,28-25-,33-31-,34-32-. The lowest BCUT2D eigenvalue weighted by atomic mass is 10.0. The maximum Gasteiger partial charge on any atom is 0.306 e. The summed E-state index contributed by atoms with van der Waals surface area (Å²) in [5.74, 6) is -0.853. The molecule has 0 spiro atoms. The maximum absolute atomic E-state index is 12.9. The van der Waals surface area contributed by atoms with Gasteiger partial charge in [0, 0.05) is 19.3 Å². The molecule has 0 fully saturated rings. The summed E-state index contributed by atoms with van der Waals surface area (Å²) >= 11 is 0. The van der Waals surface area contributed by atoms with E-state index in [1.807, 2.05) is 0 Å². The second-order valence-electron chi connectivity index (χ2n) is 23.1. The molecule has 0 aromatic carbocycles. The Bertz CT molecular complexity index is 1390. The molecule has 1 atom stereocenters. The van der Waals surface area contributed by atoms with Crippen LogP contribution in [-0.2, 0) is 28.6 Å². The fourth-order valence-corrected chi connectivity index (χ4v) is 10.1. The van der Waals surface area contributed by atoms with Crippen LogP contribution in [0.3, 0.4) is 0 Å². The lowest BCUT2D eigenvalue weighted by Crippen LogP contribution is -2.30. The minimum atomic E-state index is -0.775. The lowest BCUT2D eigenvalue weighted by Gasteiger charge is -2.18. The minimum Gasteiger partial charge on any atom is -0.462 e. The molecule has 0 aromatic heterocycles. The first-order valence-electron chi connectivity index (χ1n) is 34.3. The van der Waals surface area contributed by atoms with E-state index < -0.39 is 6.10 Å². The molecule has 0 aliphatic rings. The second-order valence-corrected chi connectivity index (χ2v) is 23.1. The molecule has 6 nitrogen and oxygen atoms in total. The van der Waals surface area contributed by atoms with E-state index in [9.17, 15) is 14.4 Å². The lowest BCUT2D eigenvalue weighted by molar-refractivity contribution is -0.167. The summed E-state index contributed by atoms with van der Waals surface area (Å²) in [4.78, 5) is 38.4. The highest BCUT2D eigenvalue weighted by molar-refractivity contribution is 5.71. The zero-order chi connectivity index (χ0) is 56.4. The molecule has 0 saturated heterocycles. The van der Waals surface area contributed by atoms with Crippen LogP contribution in [0.25, 0.3) is 0 Å². The van der Waals surface area contributed by atoms with Crippen LogP contribution in [-0.4, -0.2) is 37.2 Å². The highest BCUT2D eigenvalue weighted by Crippen LogP contribution is 2.18. The zero-order valence-electron chi connectivity index (χ0n) is 52.2. The van der Waals surface area contributed by atoms with E-state index in [0.29, 0.717) is 19.3 Å². The Hall–Kier alpha value is -2.89. The van der Waals surface area contributed by atoms with Gasteiger partial charge in [0.1, 0.15) is 13.2 Å². The van der Waals surface area contributed by atoms with Crippen molar-refractivity contribution in [3.8, 4) is 0 Å². The Morgan fingerprint density at radius 2 is 0.500 bits per heavy atom. The fraction of sp³-hybridized carbons (Fsp3) is 0.819. The summed E-state index contributed by atoms with van der Waals surface area (Å²) in [6.45, 7) is 6.58. The number of rotatable bonds is 63. The monoisotopic (exact) mass is 1090 g/mol. The molecule has 0 N–H and O–H groups in total. The van der Waals surface area contributed by atoms with Crippen molar-refractivity contribution in [2.45, 2.75) is 367 Å². The van der Waals surface area contributed by atoms with E-state index in [4.69, 9.17) is 14.2 Å². The number of allylic oxidation sites excluding steroid dienone is 10. The first kappa shape index (κ1) is 75.1. The van der Waals surface area contributed by atoms with Gasteiger partial charge in [0.2, 0.25) is 0 Å². The van der Waals surface area contributed by atoms with Gasteiger partial charge in [-0.05, 0) is 83.5 Å². The van der Waals surface area contributed by atoms with Gasteiger partial charge in [0.15, 0.2) is 6.10 Å². The summed E-state index contributed by atoms with van der Waals surface area (Å²) < 4.78 is 17.0. The summed E-state index contributed by atoms with van der Waals surface area (Å²) in [7, 11) is 0. The van der Waals surface area contributed by atoms with Crippen molar-refractivity contribution in [2.24, 2.45) is 0 Å². The minimum absolute atomic E-state index is 0.0712. The van der Waals surface area contributed by atoms with Crippen molar-refractivity contribution in [1.29, 1.82) is 0 Å².